The van der Waals surface area contributed by atoms with Gasteiger partial charge in [0.25, 0.3) is 0 Å². The van der Waals surface area contributed by atoms with Crippen molar-refractivity contribution in [1.29, 1.82) is 0 Å². The normalized spacial score (nSPS) is 14.1. The predicted octanol–water partition coefficient (Wildman–Crippen LogP) is 2.32. The SMILES string of the molecule is O=C(CNc1cc(-c2ccc(F)cc2)ncn1)N1CCCC1. The van der Waals surface area contributed by atoms with E-state index in [4.69, 9.17) is 0 Å². The molecular weight excluding hydrogens is 283 g/mol. The molecule has 22 heavy (non-hydrogen) atoms. The first-order valence-electron chi connectivity index (χ1n) is 7.32. The number of anilines is 1. The molecule has 0 unspecified atom stereocenters. The van der Waals surface area contributed by atoms with Gasteiger partial charge in [-0.2, -0.15) is 0 Å². The van der Waals surface area contributed by atoms with Crippen LogP contribution in [0.5, 0.6) is 0 Å². The molecule has 2 aromatic rings. The number of amides is 1. The van der Waals surface area contributed by atoms with Crippen LogP contribution in [-0.2, 0) is 4.79 Å². The molecule has 0 radical (unpaired) electrons. The van der Waals surface area contributed by atoms with Crippen molar-refractivity contribution in [3.05, 3.63) is 42.5 Å². The zero-order chi connectivity index (χ0) is 15.4. The Bertz CT molecular complexity index is 653. The van der Waals surface area contributed by atoms with E-state index >= 15 is 0 Å². The lowest BCUT2D eigenvalue weighted by atomic mass is 10.1. The third-order valence-electron chi connectivity index (χ3n) is 3.69. The van der Waals surface area contributed by atoms with E-state index in [1.165, 1.54) is 18.5 Å². The number of likely N-dealkylation sites (tertiary alicyclic amines) is 1. The number of carbonyl (C=O) groups is 1. The van der Waals surface area contributed by atoms with Gasteiger partial charge in [0.1, 0.15) is 18.0 Å². The molecule has 0 saturated carbocycles. The Morgan fingerprint density at radius 3 is 2.64 bits per heavy atom. The van der Waals surface area contributed by atoms with Crippen LogP contribution in [0.4, 0.5) is 10.2 Å². The van der Waals surface area contributed by atoms with Gasteiger partial charge >= 0.3 is 0 Å². The van der Waals surface area contributed by atoms with Gasteiger partial charge in [-0.25, -0.2) is 14.4 Å². The number of benzene rings is 1. The van der Waals surface area contributed by atoms with E-state index in [1.807, 2.05) is 4.90 Å². The van der Waals surface area contributed by atoms with Gasteiger partial charge in [-0.15, -0.1) is 0 Å². The van der Waals surface area contributed by atoms with Crippen LogP contribution in [-0.4, -0.2) is 40.4 Å². The molecular formula is C16H17FN4O. The Balaban J connectivity index is 1.66. The molecule has 1 amide bonds. The summed E-state index contributed by atoms with van der Waals surface area (Å²) in [6.45, 7) is 1.90. The third kappa shape index (κ3) is 3.39. The molecule has 1 fully saturated rings. The van der Waals surface area contributed by atoms with Crippen LogP contribution < -0.4 is 5.32 Å². The molecule has 0 spiro atoms. The lowest BCUT2D eigenvalue weighted by Crippen LogP contribution is -2.33. The van der Waals surface area contributed by atoms with Gasteiger partial charge in [0.05, 0.1) is 12.2 Å². The van der Waals surface area contributed by atoms with Crippen LogP contribution in [0.3, 0.4) is 0 Å². The number of nitrogens with one attached hydrogen (secondary N) is 1. The van der Waals surface area contributed by atoms with Gasteiger partial charge < -0.3 is 10.2 Å². The zero-order valence-electron chi connectivity index (χ0n) is 12.1. The average molecular weight is 300 g/mol. The first-order chi connectivity index (χ1) is 10.7. The van der Waals surface area contributed by atoms with E-state index in [-0.39, 0.29) is 18.3 Å². The molecule has 114 valence electrons. The van der Waals surface area contributed by atoms with Crippen LogP contribution in [0.2, 0.25) is 0 Å². The van der Waals surface area contributed by atoms with Crippen LogP contribution >= 0.6 is 0 Å². The smallest absolute Gasteiger partial charge is 0.241 e. The highest BCUT2D eigenvalue weighted by atomic mass is 19.1. The summed E-state index contributed by atoms with van der Waals surface area (Å²) in [6.07, 6.45) is 3.59. The number of nitrogens with zero attached hydrogens (tertiary/aromatic N) is 3. The predicted molar refractivity (Wildman–Crippen MR) is 81.7 cm³/mol. The zero-order valence-corrected chi connectivity index (χ0v) is 12.1. The minimum absolute atomic E-state index is 0.0828. The first kappa shape index (κ1) is 14.4. The molecule has 0 bridgehead atoms. The number of carbonyl (C=O) groups excluding carboxylic acids is 1. The summed E-state index contributed by atoms with van der Waals surface area (Å²) in [4.78, 5) is 22.1. The van der Waals surface area contributed by atoms with E-state index in [0.29, 0.717) is 11.5 Å². The molecule has 2 heterocycles. The fraction of sp³-hybridized carbons (Fsp3) is 0.312. The Kier molecular flexibility index (Phi) is 4.27. The van der Waals surface area contributed by atoms with Crippen molar-refractivity contribution in [2.45, 2.75) is 12.8 Å². The lowest BCUT2D eigenvalue weighted by Gasteiger charge is -2.15. The van der Waals surface area contributed by atoms with E-state index < -0.39 is 0 Å². The topological polar surface area (TPSA) is 58.1 Å². The summed E-state index contributed by atoms with van der Waals surface area (Å²) in [7, 11) is 0. The van der Waals surface area contributed by atoms with E-state index in [1.54, 1.807) is 18.2 Å². The molecule has 0 atom stereocenters. The van der Waals surface area contributed by atoms with Crippen molar-refractivity contribution in [2.24, 2.45) is 0 Å². The monoisotopic (exact) mass is 300 g/mol. The van der Waals surface area contributed by atoms with Gasteiger partial charge in [0.15, 0.2) is 0 Å². The Hall–Kier alpha value is -2.50. The minimum Gasteiger partial charge on any atom is -0.361 e. The Labute approximate surface area is 128 Å². The molecule has 1 aliphatic rings. The highest BCUT2D eigenvalue weighted by molar-refractivity contribution is 5.81. The molecule has 1 aromatic heterocycles. The van der Waals surface area contributed by atoms with Crippen molar-refractivity contribution in [1.82, 2.24) is 14.9 Å². The fourth-order valence-electron chi connectivity index (χ4n) is 2.48. The van der Waals surface area contributed by atoms with Gasteiger partial charge in [-0.3, -0.25) is 4.79 Å². The molecule has 0 aliphatic carbocycles. The largest absolute Gasteiger partial charge is 0.361 e. The summed E-state index contributed by atoms with van der Waals surface area (Å²) >= 11 is 0. The highest BCUT2D eigenvalue weighted by Crippen LogP contribution is 2.19. The quantitative estimate of drug-likeness (QED) is 0.941. The van der Waals surface area contributed by atoms with Crippen LogP contribution in [0.15, 0.2) is 36.7 Å². The van der Waals surface area contributed by atoms with Crippen LogP contribution in [0, 0.1) is 5.82 Å². The Morgan fingerprint density at radius 1 is 1.18 bits per heavy atom. The van der Waals surface area contributed by atoms with Crippen LogP contribution in [0.1, 0.15) is 12.8 Å². The van der Waals surface area contributed by atoms with Gasteiger partial charge in [-0.05, 0) is 37.1 Å². The number of hydrogen-bond acceptors (Lipinski definition) is 4. The maximum Gasteiger partial charge on any atom is 0.241 e. The number of halogens is 1. The van der Waals surface area contributed by atoms with Gasteiger partial charge in [-0.1, -0.05) is 0 Å². The molecule has 6 heteroatoms. The van der Waals surface area contributed by atoms with Crippen LogP contribution in [0.25, 0.3) is 11.3 Å². The number of aromatic nitrogens is 2. The van der Waals surface area contributed by atoms with E-state index in [2.05, 4.69) is 15.3 Å². The van der Waals surface area contributed by atoms with Gasteiger partial charge in [0.2, 0.25) is 5.91 Å². The molecule has 5 nitrogen and oxygen atoms in total. The number of rotatable bonds is 4. The van der Waals surface area contributed by atoms with Crippen molar-refractivity contribution in [3.63, 3.8) is 0 Å². The summed E-state index contributed by atoms with van der Waals surface area (Å²) in [5.41, 5.74) is 1.49. The van der Waals surface area contributed by atoms with Crippen molar-refractivity contribution in [2.75, 3.05) is 25.0 Å². The number of hydrogen-bond donors (Lipinski definition) is 1. The van der Waals surface area contributed by atoms with E-state index in [0.717, 1.165) is 31.5 Å². The average Bonchev–Trinajstić information content (AvgIpc) is 3.08. The third-order valence-corrected chi connectivity index (χ3v) is 3.69. The fourth-order valence-corrected chi connectivity index (χ4v) is 2.48. The second kappa shape index (κ2) is 6.51. The molecule has 1 aliphatic heterocycles. The lowest BCUT2D eigenvalue weighted by molar-refractivity contribution is -0.128. The minimum atomic E-state index is -0.285. The second-order valence-corrected chi connectivity index (χ2v) is 5.24. The summed E-state index contributed by atoms with van der Waals surface area (Å²) in [5.74, 6) is 0.383. The Morgan fingerprint density at radius 2 is 1.91 bits per heavy atom. The molecule has 3 rings (SSSR count). The maximum absolute atomic E-state index is 13.0. The molecule has 1 N–H and O–H groups in total. The molecule has 1 aromatic carbocycles. The standard InChI is InChI=1S/C16H17FN4O/c17-13-5-3-12(4-6-13)14-9-15(20-11-19-14)18-10-16(22)21-7-1-2-8-21/h3-6,9,11H,1-2,7-8,10H2,(H,18,19,20). The second-order valence-electron chi connectivity index (χ2n) is 5.24. The summed E-state index contributed by atoms with van der Waals surface area (Å²) in [5, 5.41) is 3.03. The first-order valence-corrected chi connectivity index (χ1v) is 7.32. The maximum atomic E-state index is 13.0. The highest BCUT2D eigenvalue weighted by Gasteiger charge is 2.17. The van der Waals surface area contributed by atoms with Gasteiger partial charge in [0, 0.05) is 24.7 Å². The van der Waals surface area contributed by atoms with E-state index in [9.17, 15) is 9.18 Å². The van der Waals surface area contributed by atoms with Crippen molar-refractivity contribution < 1.29 is 9.18 Å². The van der Waals surface area contributed by atoms with Crippen molar-refractivity contribution in [3.8, 4) is 11.3 Å². The van der Waals surface area contributed by atoms with Crippen molar-refractivity contribution >= 4 is 11.7 Å². The molecule has 1 saturated heterocycles. The summed E-state index contributed by atoms with van der Waals surface area (Å²) in [6, 6.07) is 7.86. The summed E-state index contributed by atoms with van der Waals surface area (Å²) < 4.78 is 13.0.